The summed E-state index contributed by atoms with van der Waals surface area (Å²) in [5.41, 5.74) is 0.926. The first-order valence-corrected chi connectivity index (χ1v) is 8.58. The normalized spacial score (nSPS) is 16.9. The van der Waals surface area contributed by atoms with E-state index in [0.717, 1.165) is 31.2 Å². The molecule has 1 aromatic carbocycles. The predicted molar refractivity (Wildman–Crippen MR) is 90.3 cm³/mol. The Morgan fingerprint density at radius 1 is 1.21 bits per heavy atom. The summed E-state index contributed by atoms with van der Waals surface area (Å²) in [5.74, 6) is -0.117. The van der Waals surface area contributed by atoms with E-state index in [9.17, 15) is 9.59 Å². The van der Waals surface area contributed by atoms with Gasteiger partial charge in [0.25, 0.3) is 0 Å². The van der Waals surface area contributed by atoms with Crippen molar-refractivity contribution in [2.24, 2.45) is 0 Å². The fourth-order valence-corrected chi connectivity index (χ4v) is 2.80. The first-order valence-electron chi connectivity index (χ1n) is 8.58. The Hall–Kier alpha value is -2.08. The number of hydrogen-bond acceptors (Lipinski definition) is 4. The average molecular weight is 334 g/mol. The van der Waals surface area contributed by atoms with Crippen LogP contribution in [-0.2, 0) is 16.1 Å². The third-order valence-corrected chi connectivity index (χ3v) is 4.13. The number of unbranched alkanes of at least 4 members (excludes halogenated alkanes) is 2. The second-order valence-electron chi connectivity index (χ2n) is 5.97. The maximum absolute atomic E-state index is 12.3. The highest BCUT2D eigenvalue weighted by atomic mass is 16.6. The lowest BCUT2D eigenvalue weighted by atomic mass is 10.2. The van der Waals surface area contributed by atoms with Gasteiger partial charge in [0.2, 0.25) is 5.91 Å². The Kier molecular flexibility index (Phi) is 7.55. The number of likely N-dealkylation sites (tertiary alicyclic amines) is 1. The number of carbonyl (C=O) groups is 2. The molecule has 24 heavy (non-hydrogen) atoms. The van der Waals surface area contributed by atoms with Crippen LogP contribution in [0.3, 0.4) is 0 Å². The SMILES string of the molecule is O=C(NCCCCCO)C1CCCN1C(=O)OCc1ccccc1. The molecule has 0 spiro atoms. The minimum absolute atomic E-state index is 0.117. The Morgan fingerprint density at radius 2 is 2.00 bits per heavy atom. The lowest BCUT2D eigenvalue weighted by Crippen LogP contribution is -2.46. The first kappa shape index (κ1) is 18.3. The van der Waals surface area contributed by atoms with Crippen LogP contribution in [-0.4, -0.2) is 47.7 Å². The van der Waals surface area contributed by atoms with Crippen molar-refractivity contribution in [3.63, 3.8) is 0 Å². The summed E-state index contributed by atoms with van der Waals surface area (Å²) in [5, 5.41) is 11.6. The van der Waals surface area contributed by atoms with Crippen LogP contribution in [0.5, 0.6) is 0 Å². The van der Waals surface area contributed by atoms with Crippen molar-refractivity contribution < 1.29 is 19.4 Å². The topological polar surface area (TPSA) is 78.9 Å². The zero-order valence-electron chi connectivity index (χ0n) is 13.9. The van der Waals surface area contributed by atoms with E-state index in [2.05, 4.69) is 5.32 Å². The highest BCUT2D eigenvalue weighted by Gasteiger charge is 2.34. The molecule has 1 aromatic rings. The quantitative estimate of drug-likeness (QED) is 0.713. The molecule has 6 heteroatoms. The molecule has 1 saturated heterocycles. The smallest absolute Gasteiger partial charge is 0.410 e. The van der Waals surface area contributed by atoms with Crippen LogP contribution in [0.15, 0.2) is 30.3 Å². The molecule has 2 N–H and O–H groups in total. The van der Waals surface area contributed by atoms with E-state index in [4.69, 9.17) is 9.84 Å². The van der Waals surface area contributed by atoms with E-state index in [1.54, 1.807) is 0 Å². The minimum atomic E-state index is -0.439. The monoisotopic (exact) mass is 334 g/mol. The van der Waals surface area contributed by atoms with Gasteiger partial charge in [-0.25, -0.2) is 4.79 Å². The lowest BCUT2D eigenvalue weighted by molar-refractivity contribution is -0.125. The van der Waals surface area contributed by atoms with E-state index < -0.39 is 12.1 Å². The summed E-state index contributed by atoms with van der Waals surface area (Å²) in [7, 11) is 0. The molecule has 0 bridgehead atoms. The van der Waals surface area contributed by atoms with Crippen LogP contribution in [0.4, 0.5) is 4.79 Å². The van der Waals surface area contributed by atoms with Crippen molar-refractivity contribution in [3.05, 3.63) is 35.9 Å². The summed E-state index contributed by atoms with van der Waals surface area (Å²) in [6, 6.07) is 9.05. The Labute approximate surface area is 142 Å². The Balaban J connectivity index is 1.76. The van der Waals surface area contributed by atoms with Crippen molar-refractivity contribution in [3.8, 4) is 0 Å². The lowest BCUT2D eigenvalue weighted by Gasteiger charge is -2.23. The van der Waals surface area contributed by atoms with E-state index in [-0.39, 0.29) is 19.1 Å². The van der Waals surface area contributed by atoms with E-state index in [0.29, 0.717) is 19.5 Å². The van der Waals surface area contributed by atoms with Gasteiger partial charge in [-0.05, 0) is 37.7 Å². The number of hydrogen-bond donors (Lipinski definition) is 2. The molecule has 2 amide bonds. The molecule has 0 aliphatic carbocycles. The van der Waals surface area contributed by atoms with Crippen molar-refractivity contribution >= 4 is 12.0 Å². The second kappa shape index (κ2) is 9.93. The first-order chi connectivity index (χ1) is 11.7. The van der Waals surface area contributed by atoms with E-state index >= 15 is 0 Å². The van der Waals surface area contributed by atoms with Gasteiger partial charge >= 0.3 is 6.09 Å². The van der Waals surface area contributed by atoms with E-state index in [1.807, 2.05) is 30.3 Å². The van der Waals surface area contributed by atoms with Crippen LogP contribution in [0.1, 0.15) is 37.7 Å². The number of aliphatic hydroxyl groups is 1. The molecule has 1 atom stereocenters. The van der Waals surface area contributed by atoms with Crippen molar-refractivity contribution in [2.45, 2.75) is 44.8 Å². The predicted octanol–water partition coefficient (Wildman–Crippen LogP) is 2.07. The maximum atomic E-state index is 12.3. The van der Waals surface area contributed by atoms with Gasteiger partial charge in [-0.2, -0.15) is 0 Å². The van der Waals surface area contributed by atoms with Crippen LogP contribution in [0.2, 0.25) is 0 Å². The molecule has 0 radical (unpaired) electrons. The summed E-state index contributed by atoms with van der Waals surface area (Å²) in [6.45, 7) is 1.52. The van der Waals surface area contributed by atoms with Crippen LogP contribution >= 0.6 is 0 Å². The molecule has 1 fully saturated rings. The van der Waals surface area contributed by atoms with Gasteiger partial charge < -0.3 is 15.2 Å². The van der Waals surface area contributed by atoms with Gasteiger partial charge in [0, 0.05) is 19.7 Å². The molecule has 2 rings (SSSR count). The van der Waals surface area contributed by atoms with E-state index in [1.165, 1.54) is 4.90 Å². The molecule has 1 unspecified atom stereocenters. The molecule has 6 nitrogen and oxygen atoms in total. The number of rotatable bonds is 8. The average Bonchev–Trinajstić information content (AvgIpc) is 3.10. The number of ether oxygens (including phenoxy) is 1. The summed E-state index contributed by atoms with van der Waals surface area (Å²) in [4.78, 5) is 26.0. The van der Waals surface area contributed by atoms with Crippen LogP contribution in [0, 0.1) is 0 Å². The number of carbonyl (C=O) groups excluding carboxylic acids is 2. The second-order valence-corrected chi connectivity index (χ2v) is 5.97. The molecule has 132 valence electrons. The molecule has 1 aliphatic heterocycles. The number of aliphatic hydroxyl groups excluding tert-OH is 1. The van der Waals surface area contributed by atoms with Crippen LogP contribution in [0.25, 0.3) is 0 Å². The fraction of sp³-hybridized carbons (Fsp3) is 0.556. The highest BCUT2D eigenvalue weighted by molar-refractivity contribution is 5.86. The largest absolute Gasteiger partial charge is 0.445 e. The standard InChI is InChI=1S/C18H26N2O4/c21-13-6-2-5-11-19-17(22)16-10-7-12-20(16)18(23)24-14-15-8-3-1-4-9-15/h1,3-4,8-9,16,21H,2,5-7,10-14H2,(H,19,22). The summed E-state index contributed by atoms with van der Waals surface area (Å²) < 4.78 is 5.33. The van der Waals surface area contributed by atoms with Gasteiger partial charge in [0.05, 0.1) is 0 Å². The van der Waals surface area contributed by atoms with Crippen LogP contribution < -0.4 is 5.32 Å². The Bertz CT molecular complexity index is 521. The van der Waals surface area contributed by atoms with Gasteiger partial charge in [-0.3, -0.25) is 9.69 Å². The number of nitrogens with zero attached hydrogens (tertiary/aromatic N) is 1. The fourth-order valence-electron chi connectivity index (χ4n) is 2.80. The van der Waals surface area contributed by atoms with Gasteiger partial charge in [-0.15, -0.1) is 0 Å². The molecular formula is C18H26N2O4. The molecule has 0 saturated carbocycles. The van der Waals surface area contributed by atoms with Gasteiger partial charge in [0.15, 0.2) is 0 Å². The third-order valence-electron chi connectivity index (χ3n) is 4.13. The molecule has 0 aromatic heterocycles. The molecule has 1 aliphatic rings. The van der Waals surface area contributed by atoms with Crippen molar-refractivity contribution in [1.29, 1.82) is 0 Å². The highest BCUT2D eigenvalue weighted by Crippen LogP contribution is 2.19. The molecular weight excluding hydrogens is 308 g/mol. The van der Waals surface area contributed by atoms with Crippen molar-refractivity contribution in [1.82, 2.24) is 10.2 Å². The van der Waals surface area contributed by atoms with Gasteiger partial charge in [-0.1, -0.05) is 30.3 Å². The molecule has 1 heterocycles. The Morgan fingerprint density at radius 3 is 2.75 bits per heavy atom. The zero-order valence-corrected chi connectivity index (χ0v) is 13.9. The number of amides is 2. The third kappa shape index (κ3) is 5.53. The zero-order chi connectivity index (χ0) is 17.2. The van der Waals surface area contributed by atoms with Crippen molar-refractivity contribution in [2.75, 3.05) is 19.7 Å². The minimum Gasteiger partial charge on any atom is -0.445 e. The number of nitrogens with one attached hydrogen (secondary N) is 1. The summed E-state index contributed by atoms with van der Waals surface area (Å²) >= 11 is 0. The maximum Gasteiger partial charge on any atom is 0.410 e. The summed E-state index contributed by atoms with van der Waals surface area (Å²) in [6.07, 6.45) is 3.50. The van der Waals surface area contributed by atoms with Gasteiger partial charge in [0.1, 0.15) is 12.6 Å². The number of benzene rings is 1.